The SMILES string of the molecule is NCC1CCCC1NC(=O)CNS(=O)(=O)c1ccc(OC(F)(F)F)cc1. The molecule has 2 rings (SSSR count). The second kappa shape index (κ2) is 8.23. The monoisotopic (exact) mass is 395 g/mol. The number of rotatable bonds is 7. The van der Waals surface area contributed by atoms with Crippen LogP contribution < -0.4 is 20.5 Å². The van der Waals surface area contributed by atoms with Crippen molar-refractivity contribution in [3.63, 3.8) is 0 Å². The fourth-order valence-corrected chi connectivity index (χ4v) is 3.81. The Morgan fingerprint density at radius 1 is 1.23 bits per heavy atom. The molecule has 4 N–H and O–H groups in total. The third-order valence-corrected chi connectivity index (χ3v) is 5.52. The second-order valence-corrected chi connectivity index (χ2v) is 7.71. The summed E-state index contributed by atoms with van der Waals surface area (Å²) in [5.41, 5.74) is 5.63. The van der Waals surface area contributed by atoms with Crippen LogP contribution in [0.5, 0.6) is 5.75 Å². The van der Waals surface area contributed by atoms with Crippen LogP contribution in [0.2, 0.25) is 0 Å². The Bertz CT molecular complexity index is 723. The smallest absolute Gasteiger partial charge is 0.406 e. The van der Waals surface area contributed by atoms with Crippen LogP contribution in [0.4, 0.5) is 13.2 Å². The first-order valence-electron chi connectivity index (χ1n) is 7.95. The van der Waals surface area contributed by atoms with Crippen molar-refractivity contribution in [3.05, 3.63) is 24.3 Å². The number of alkyl halides is 3. The van der Waals surface area contributed by atoms with Gasteiger partial charge in [-0.15, -0.1) is 13.2 Å². The summed E-state index contributed by atoms with van der Waals surface area (Å²) in [6, 6.07) is 3.61. The summed E-state index contributed by atoms with van der Waals surface area (Å²) in [6.07, 6.45) is -2.20. The normalized spacial score (nSPS) is 20.8. The average molecular weight is 395 g/mol. The lowest BCUT2D eigenvalue weighted by Crippen LogP contribution is -2.44. The number of carbonyl (C=O) groups is 1. The fraction of sp³-hybridized carbons (Fsp3) is 0.533. The molecule has 1 amide bonds. The molecule has 0 radical (unpaired) electrons. The predicted octanol–water partition coefficient (Wildman–Crippen LogP) is 1.11. The maximum absolute atomic E-state index is 12.1. The molecule has 146 valence electrons. The summed E-state index contributed by atoms with van der Waals surface area (Å²) >= 11 is 0. The molecular formula is C15H20F3N3O4S. The van der Waals surface area contributed by atoms with Crippen LogP contribution in [-0.2, 0) is 14.8 Å². The molecule has 1 saturated carbocycles. The van der Waals surface area contributed by atoms with Gasteiger partial charge in [0.15, 0.2) is 0 Å². The zero-order valence-electron chi connectivity index (χ0n) is 13.8. The molecule has 7 nitrogen and oxygen atoms in total. The average Bonchev–Trinajstić information content (AvgIpc) is 2.99. The standard InChI is InChI=1S/C15H20F3N3O4S/c16-15(17,18)25-11-4-6-12(7-5-11)26(23,24)20-9-14(22)21-13-3-1-2-10(13)8-19/h4-7,10,13,20H,1-3,8-9,19H2,(H,21,22). The Labute approximate surface area is 149 Å². The first-order chi connectivity index (χ1) is 12.1. The Morgan fingerprint density at radius 3 is 2.46 bits per heavy atom. The lowest BCUT2D eigenvalue weighted by atomic mass is 10.0. The number of halogens is 3. The van der Waals surface area contributed by atoms with E-state index in [9.17, 15) is 26.4 Å². The molecule has 0 saturated heterocycles. The highest BCUT2D eigenvalue weighted by atomic mass is 32.2. The first-order valence-corrected chi connectivity index (χ1v) is 9.44. The number of amides is 1. The molecule has 2 unspecified atom stereocenters. The fourth-order valence-electron chi connectivity index (χ4n) is 2.83. The highest BCUT2D eigenvalue weighted by Gasteiger charge is 2.31. The Hall–Kier alpha value is -1.85. The van der Waals surface area contributed by atoms with Crippen molar-refractivity contribution in [1.82, 2.24) is 10.0 Å². The molecule has 1 aliphatic carbocycles. The van der Waals surface area contributed by atoms with E-state index >= 15 is 0 Å². The van der Waals surface area contributed by atoms with E-state index in [1.165, 1.54) is 0 Å². The Kier molecular flexibility index (Phi) is 6.48. The van der Waals surface area contributed by atoms with Crippen molar-refractivity contribution in [1.29, 1.82) is 0 Å². The van der Waals surface area contributed by atoms with E-state index in [0.29, 0.717) is 6.54 Å². The van der Waals surface area contributed by atoms with Gasteiger partial charge in [-0.1, -0.05) is 6.42 Å². The van der Waals surface area contributed by atoms with Gasteiger partial charge in [-0.25, -0.2) is 13.1 Å². The van der Waals surface area contributed by atoms with Gasteiger partial charge in [-0.3, -0.25) is 4.79 Å². The van der Waals surface area contributed by atoms with E-state index in [1.807, 2.05) is 0 Å². The van der Waals surface area contributed by atoms with Crippen molar-refractivity contribution in [2.24, 2.45) is 11.7 Å². The molecule has 1 fully saturated rings. The topological polar surface area (TPSA) is 111 Å². The van der Waals surface area contributed by atoms with Gasteiger partial charge in [-0.05, 0) is 49.6 Å². The molecule has 2 atom stereocenters. The summed E-state index contributed by atoms with van der Waals surface area (Å²) in [5, 5.41) is 2.75. The molecule has 0 aromatic heterocycles. The lowest BCUT2D eigenvalue weighted by Gasteiger charge is -2.19. The second-order valence-electron chi connectivity index (χ2n) is 5.94. The minimum absolute atomic E-state index is 0.0733. The highest BCUT2D eigenvalue weighted by molar-refractivity contribution is 7.89. The van der Waals surface area contributed by atoms with Gasteiger partial charge in [-0.2, -0.15) is 0 Å². The van der Waals surface area contributed by atoms with E-state index in [4.69, 9.17) is 5.73 Å². The third kappa shape index (κ3) is 5.85. The number of hydrogen-bond acceptors (Lipinski definition) is 5. The van der Waals surface area contributed by atoms with Crippen molar-refractivity contribution in [3.8, 4) is 5.75 Å². The zero-order valence-corrected chi connectivity index (χ0v) is 14.6. The predicted molar refractivity (Wildman–Crippen MR) is 86.6 cm³/mol. The third-order valence-electron chi connectivity index (χ3n) is 4.10. The lowest BCUT2D eigenvalue weighted by molar-refractivity contribution is -0.274. The minimum atomic E-state index is -4.86. The van der Waals surface area contributed by atoms with Crippen molar-refractivity contribution in [2.75, 3.05) is 13.1 Å². The largest absolute Gasteiger partial charge is 0.573 e. The number of sulfonamides is 1. The molecule has 0 spiro atoms. The van der Waals surface area contributed by atoms with Crippen LogP contribution in [0.15, 0.2) is 29.2 Å². The molecule has 0 heterocycles. The van der Waals surface area contributed by atoms with Crippen LogP contribution in [0.3, 0.4) is 0 Å². The van der Waals surface area contributed by atoms with Gasteiger partial charge in [0.2, 0.25) is 15.9 Å². The maximum atomic E-state index is 12.1. The first kappa shape index (κ1) is 20.5. The number of carbonyl (C=O) groups excluding carboxylic acids is 1. The van der Waals surface area contributed by atoms with Crippen LogP contribution in [0, 0.1) is 5.92 Å². The molecule has 0 bridgehead atoms. The zero-order chi connectivity index (χ0) is 19.4. The summed E-state index contributed by atoms with van der Waals surface area (Å²) in [7, 11) is -4.04. The Balaban J connectivity index is 1.90. The van der Waals surface area contributed by atoms with E-state index in [1.54, 1.807) is 0 Å². The minimum Gasteiger partial charge on any atom is -0.406 e. The molecule has 1 aliphatic rings. The quantitative estimate of drug-likeness (QED) is 0.641. The molecule has 0 aliphatic heterocycles. The number of nitrogens with two attached hydrogens (primary N) is 1. The van der Waals surface area contributed by atoms with E-state index in [0.717, 1.165) is 43.5 Å². The van der Waals surface area contributed by atoms with Crippen LogP contribution in [-0.4, -0.2) is 39.8 Å². The van der Waals surface area contributed by atoms with E-state index < -0.39 is 34.6 Å². The van der Waals surface area contributed by atoms with Crippen molar-refractivity contribution < 1.29 is 31.1 Å². The summed E-state index contributed by atoms with van der Waals surface area (Å²) in [5.74, 6) is -0.851. The molecule has 26 heavy (non-hydrogen) atoms. The van der Waals surface area contributed by atoms with Gasteiger partial charge in [0, 0.05) is 6.04 Å². The van der Waals surface area contributed by atoms with E-state index in [-0.39, 0.29) is 16.9 Å². The van der Waals surface area contributed by atoms with Crippen LogP contribution in [0.25, 0.3) is 0 Å². The summed E-state index contributed by atoms with van der Waals surface area (Å²) < 4.78 is 66.3. The maximum Gasteiger partial charge on any atom is 0.573 e. The summed E-state index contributed by atoms with van der Waals surface area (Å²) in [6.45, 7) is -0.0278. The van der Waals surface area contributed by atoms with Gasteiger partial charge in [0.05, 0.1) is 11.4 Å². The number of nitrogens with one attached hydrogen (secondary N) is 2. The number of ether oxygens (including phenoxy) is 1. The van der Waals surface area contributed by atoms with E-state index in [2.05, 4.69) is 14.8 Å². The van der Waals surface area contributed by atoms with Crippen molar-refractivity contribution in [2.45, 2.75) is 36.6 Å². The molecule has 11 heteroatoms. The number of hydrogen-bond donors (Lipinski definition) is 3. The van der Waals surface area contributed by atoms with Crippen LogP contribution >= 0.6 is 0 Å². The number of benzene rings is 1. The summed E-state index contributed by atoms with van der Waals surface area (Å²) in [4.78, 5) is 11.6. The molecule has 1 aromatic rings. The van der Waals surface area contributed by atoms with Gasteiger partial charge in [0.25, 0.3) is 0 Å². The van der Waals surface area contributed by atoms with Crippen molar-refractivity contribution >= 4 is 15.9 Å². The van der Waals surface area contributed by atoms with Crippen LogP contribution in [0.1, 0.15) is 19.3 Å². The molecular weight excluding hydrogens is 375 g/mol. The molecule has 1 aromatic carbocycles. The highest BCUT2D eigenvalue weighted by Crippen LogP contribution is 2.25. The van der Waals surface area contributed by atoms with Gasteiger partial charge in [0.1, 0.15) is 5.75 Å². The van der Waals surface area contributed by atoms with Gasteiger partial charge < -0.3 is 15.8 Å². The van der Waals surface area contributed by atoms with Gasteiger partial charge >= 0.3 is 6.36 Å². The Morgan fingerprint density at radius 2 is 1.88 bits per heavy atom.